The van der Waals surface area contributed by atoms with E-state index in [1.165, 1.54) is 12.8 Å². The van der Waals surface area contributed by atoms with E-state index in [-0.39, 0.29) is 30.0 Å². The van der Waals surface area contributed by atoms with Crippen LogP contribution in [0.3, 0.4) is 0 Å². The molecule has 1 aromatic carbocycles. The van der Waals surface area contributed by atoms with Gasteiger partial charge in [0, 0.05) is 30.2 Å². The first kappa shape index (κ1) is 23.0. The highest BCUT2D eigenvalue weighted by Crippen LogP contribution is 2.25. The normalized spacial score (nSPS) is 15.8. The highest BCUT2D eigenvalue weighted by molar-refractivity contribution is 14.0. The standard InChI is InChI=1S/C20H27BrN4O2.HI/c1-22-20(23-13-15-12-16(21)7-8-18(15)26-2)24-14-17(19-6-5-11-27-19)25-9-3-4-10-25;/h5-8,11-12,17H,3-4,9-10,13-14H2,1-2H3,(H2,22,23,24);1H. The number of hydrogen-bond donors (Lipinski definition) is 2. The van der Waals surface area contributed by atoms with Crippen molar-refractivity contribution in [3.63, 3.8) is 0 Å². The van der Waals surface area contributed by atoms with E-state index >= 15 is 0 Å². The van der Waals surface area contributed by atoms with E-state index < -0.39 is 0 Å². The Morgan fingerprint density at radius 3 is 2.71 bits per heavy atom. The molecule has 0 spiro atoms. The van der Waals surface area contributed by atoms with Crippen molar-refractivity contribution in [3.8, 4) is 5.75 Å². The van der Waals surface area contributed by atoms with Crippen LogP contribution in [0.2, 0.25) is 0 Å². The largest absolute Gasteiger partial charge is 0.496 e. The molecule has 0 radical (unpaired) electrons. The highest BCUT2D eigenvalue weighted by Gasteiger charge is 2.25. The molecule has 3 rings (SSSR count). The Bertz CT molecular complexity index is 749. The number of guanidine groups is 1. The second kappa shape index (κ2) is 11.7. The summed E-state index contributed by atoms with van der Waals surface area (Å²) in [5, 5.41) is 6.81. The van der Waals surface area contributed by atoms with Gasteiger partial charge in [0.05, 0.1) is 19.4 Å². The SMILES string of the molecule is CN=C(NCc1cc(Br)ccc1OC)NCC(c1ccco1)N1CCCC1.I. The monoisotopic (exact) mass is 562 g/mol. The Hall–Kier alpha value is -1.26. The Balaban J connectivity index is 0.00000280. The molecule has 0 aliphatic carbocycles. The first-order valence-corrected chi connectivity index (χ1v) is 10.0. The third-order valence-electron chi connectivity index (χ3n) is 4.83. The van der Waals surface area contributed by atoms with E-state index in [1.807, 2.05) is 24.3 Å². The summed E-state index contributed by atoms with van der Waals surface area (Å²) in [6, 6.07) is 10.2. The molecule has 1 saturated heterocycles. The van der Waals surface area contributed by atoms with Crippen molar-refractivity contribution in [3.05, 3.63) is 52.4 Å². The summed E-state index contributed by atoms with van der Waals surface area (Å²) in [6.07, 6.45) is 4.23. The molecular formula is C20H28BrIN4O2. The van der Waals surface area contributed by atoms with Crippen molar-refractivity contribution in [2.45, 2.75) is 25.4 Å². The molecular weight excluding hydrogens is 535 g/mol. The first-order valence-electron chi connectivity index (χ1n) is 9.25. The minimum absolute atomic E-state index is 0. The van der Waals surface area contributed by atoms with Gasteiger partial charge in [-0.15, -0.1) is 24.0 Å². The van der Waals surface area contributed by atoms with E-state index in [9.17, 15) is 0 Å². The molecule has 2 N–H and O–H groups in total. The summed E-state index contributed by atoms with van der Waals surface area (Å²) in [5.41, 5.74) is 1.07. The lowest BCUT2D eigenvalue weighted by atomic mass is 10.2. The molecule has 0 amide bonds. The lowest BCUT2D eigenvalue weighted by Gasteiger charge is -2.26. The van der Waals surface area contributed by atoms with Gasteiger partial charge < -0.3 is 19.8 Å². The van der Waals surface area contributed by atoms with Gasteiger partial charge in [-0.2, -0.15) is 0 Å². The summed E-state index contributed by atoms with van der Waals surface area (Å²) in [7, 11) is 3.47. The van der Waals surface area contributed by atoms with Gasteiger partial charge >= 0.3 is 0 Å². The molecule has 0 bridgehead atoms. The van der Waals surface area contributed by atoms with E-state index in [0.29, 0.717) is 6.54 Å². The fourth-order valence-corrected chi connectivity index (χ4v) is 3.83. The van der Waals surface area contributed by atoms with Crippen molar-refractivity contribution in [2.75, 3.05) is 33.8 Å². The zero-order chi connectivity index (χ0) is 19.1. The summed E-state index contributed by atoms with van der Waals surface area (Å²) >= 11 is 3.51. The maximum Gasteiger partial charge on any atom is 0.191 e. The second-order valence-electron chi connectivity index (χ2n) is 6.54. The third-order valence-corrected chi connectivity index (χ3v) is 5.32. The fraction of sp³-hybridized carbons (Fsp3) is 0.450. The predicted octanol–water partition coefficient (Wildman–Crippen LogP) is 4.17. The summed E-state index contributed by atoms with van der Waals surface area (Å²) in [5.74, 6) is 2.60. The minimum atomic E-state index is 0. The summed E-state index contributed by atoms with van der Waals surface area (Å²) < 4.78 is 12.1. The van der Waals surface area contributed by atoms with Crippen LogP contribution in [-0.4, -0.2) is 44.7 Å². The van der Waals surface area contributed by atoms with E-state index in [1.54, 1.807) is 20.4 Å². The van der Waals surface area contributed by atoms with Crippen LogP contribution in [0.25, 0.3) is 0 Å². The Labute approximate surface area is 192 Å². The smallest absolute Gasteiger partial charge is 0.191 e. The number of nitrogens with one attached hydrogen (secondary N) is 2. The lowest BCUT2D eigenvalue weighted by Crippen LogP contribution is -2.42. The van der Waals surface area contributed by atoms with Crippen LogP contribution in [0.1, 0.15) is 30.2 Å². The van der Waals surface area contributed by atoms with Gasteiger partial charge in [0.25, 0.3) is 0 Å². The molecule has 2 heterocycles. The Kier molecular flexibility index (Phi) is 9.60. The number of halogens is 2. The van der Waals surface area contributed by atoms with Gasteiger partial charge in [0.15, 0.2) is 5.96 Å². The average Bonchev–Trinajstić information content (AvgIpc) is 3.39. The van der Waals surface area contributed by atoms with Crippen LogP contribution in [0.15, 0.2) is 50.5 Å². The van der Waals surface area contributed by atoms with Crippen molar-refractivity contribution in [1.29, 1.82) is 0 Å². The molecule has 1 unspecified atom stereocenters. The molecule has 1 aliphatic rings. The summed E-state index contributed by atoms with van der Waals surface area (Å²) in [6.45, 7) is 3.57. The molecule has 1 atom stereocenters. The number of rotatable bonds is 7. The van der Waals surface area contributed by atoms with Crippen molar-refractivity contribution >= 4 is 45.9 Å². The number of ether oxygens (including phenoxy) is 1. The lowest BCUT2D eigenvalue weighted by molar-refractivity contribution is 0.215. The number of hydrogen-bond acceptors (Lipinski definition) is 4. The van der Waals surface area contributed by atoms with E-state index in [4.69, 9.17) is 9.15 Å². The molecule has 1 aliphatic heterocycles. The quantitative estimate of drug-likeness (QED) is 0.301. The zero-order valence-corrected chi connectivity index (χ0v) is 20.2. The van der Waals surface area contributed by atoms with E-state index in [0.717, 1.165) is 47.1 Å². The van der Waals surface area contributed by atoms with Crippen LogP contribution in [0.4, 0.5) is 0 Å². The average molecular weight is 563 g/mol. The molecule has 1 aromatic heterocycles. The number of likely N-dealkylation sites (tertiary alicyclic amines) is 1. The number of nitrogens with zero attached hydrogens (tertiary/aromatic N) is 2. The van der Waals surface area contributed by atoms with Gasteiger partial charge in [0.2, 0.25) is 0 Å². The van der Waals surface area contributed by atoms with Crippen LogP contribution in [0, 0.1) is 0 Å². The van der Waals surface area contributed by atoms with Crippen LogP contribution >= 0.6 is 39.9 Å². The zero-order valence-electron chi connectivity index (χ0n) is 16.3. The number of aliphatic imine (C=N–C) groups is 1. The first-order chi connectivity index (χ1) is 13.2. The van der Waals surface area contributed by atoms with Crippen molar-refractivity contribution < 1.29 is 9.15 Å². The minimum Gasteiger partial charge on any atom is -0.496 e. The molecule has 154 valence electrons. The number of methoxy groups -OCH3 is 1. The Morgan fingerprint density at radius 1 is 1.29 bits per heavy atom. The number of benzene rings is 1. The predicted molar refractivity (Wildman–Crippen MR) is 127 cm³/mol. The van der Waals surface area contributed by atoms with Gasteiger partial charge in [-0.1, -0.05) is 15.9 Å². The molecule has 6 nitrogen and oxygen atoms in total. The second-order valence-corrected chi connectivity index (χ2v) is 7.45. The molecule has 2 aromatic rings. The Morgan fingerprint density at radius 2 is 2.07 bits per heavy atom. The third kappa shape index (κ3) is 6.12. The van der Waals surface area contributed by atoms with Crippen molar-refractivity contribution in [1.82, 2.24) is 15.5 Å². The van der Waals surface area contributed by atoms with Crippen LogP contribution < -0.4 is 15.4 Å². The highest BCUT2D eigenvalue weighted by atomic mass is 127. The van der Waals surface area contributed by atoms with Gasteiger partial charge in [-0.3, -0.25) is 9.89 Å². The summed E-state index contributed by atoms with van der Waals surface area (Å²) in [4.78, 5) is 6.82. The molecule has 0 saturated carbocycles. The fourth-order valence-electron chi connectivity index (χ4n) is 3.42. The topological polar surface area (TPSA) is 62.0 Å². The maximum atomic E-state index is 5.68. The molecule has 28 heavy (non-hydrogen) atoms. The van der Waals surface area contributed by atoms with Crippen molar-refractivity contribution in [2.24, 2.45) is 4.99 Å². The molecule has 1 fully saturated rings. The number of furan rings is 1. The van der Waals surface area contributed by atoms with Crippen LogP contribution in [-0.2, 0) is 6.54 Å². The van der Waals surface area contributed by atoms with Gasteiger partial charge in [-0.05, 0) is 56.3 Å². The van der Waals surface area contributed by atoms with Gasteiger partial charge in [-0.25, -0.2) is 0 Å². The van der Waals surface area contributed by atoms with E-state index in [2.05, 4.69) is 42.5 Å². The van der Waals surface area contributed by atoms with Gasteiger partial charge in [0.1, 0.15) is 11.5 Å². The maximum absolute atomic E-state index is 5.68. The molecule has 8 heteroatoms. The van der Waals surface area contributed by atoms with Crippen LogP contribution in [0.5, 0.6) is 5.75 Å².